The monoisotopic (exact) mass is 293 g/mol. The summed E-state index contributed by atoms with van der Waals surface area (Å²) in [4.78, 5) is 0. The van der Waals surface area contributed by atoms with Crippen molar-refractivity contribution in [2.24, 2.45) is 0 Å². The minimum Gasteiger partial charge on any atom is -0.381 e. The Balaban J connectivity index is 2.55. The molecular weight excluding hydrogens is 285 g/mol. The molecular formula is C10H10BrCl2N. The van der Waals surface area contributed by atoms with E-state index in [0.717, 1.165) is 21.7 Å². The molecule has 0 aliphatic rings. The molecule has 76 valence electrons. The van der Waals surface area contributed by atoms with E-state index in [1.54, 1.807) is 0 Å². The predicted molar refractivity (Wildman–Crippen MR) is 67.5 cm³/mol. The topological polar surface area (TPSA) is 12.0 Å². The number of allylic oxidation sites excluding steroid dienone is 1. The van der Waals surface area contributed by atoms with Crippen molar-refractivity contribution >= 4 is 44.8 Å². The molecule has 0 amide bonds. The van der Waals surface area contributed by atoms with Crippen molar-refractivity contribution in [3.05, 3.63) is 39.8 Å². The molecule has 0 aromatic heterocycles. The van der Waals surface area contributed by atoms with E-state index >= 15 is 0 Å². The van der Waals surface area contributed by atoms with E-state index in [1.807, 2.05) is 30.4 Å². The molecule has 1 N–H and O–H groups in total. The van der Waals surface area contributed by atoms with Gasteiger partial charge in [0.15, 0.2) is 0 Å². The van der Waals surface area contributed by atoms with Crippen LogP contribution in [-0.4, -0.2) is 12.4 Å². The van der Waals surface area contributed by atoms with Crippen LogP contribution in [0.2, 0.25) is 5.02 Å². The van der Waals surface area contributed by atoms with Crippen LogP contribution in [0.1, 0.15) is 0 Å². The van der Waals surface area contributed by atoms with E-state index in [9.17, 15) is 0 Å². The summed E-state index contributed by atoms with van der Waals surface area (Å²) in [5, 5.41) is 3.95. The van der Waals surface area contributed by atoms with Gasteiger partial charge in [-0.15, -0.1) is 11.6 Å². The van der Waals surface area contributed by atoms with E-state index < -0.39 is 0 Å². The maximum atomic E-state index is 5.81. The summed E-state index contributed by atoms with van der Waals surface area (Å²) in [5.74, 6) is 0.545. The summed E-state index contributed by atoms with van der Waals surface area (Å²) in [6, 6.07) is 5.63. The lowest BCUT2D eigenvalue weighted by molar-refractivity contribution is 1.32. The summed E-state index contributed by atoms with van der Waals surface area (Å²) >= 11 is 14.7. The van der Waals surface area contributed by atoms with Crippen molar-refractivity contribution < 1.29 is 0 Å². The molecule has 1 rings (SSSR count). The number of benzene rings is 1. The van der Waals surface area contributed by atoms with Gasteiger partial charge in [-0.2, -0.15) is 0 Å². The Kier molecular flexibility index (Phi) is 5.38. The molecule has 0 saturated carbocycles. The number of hydrogen-bond donors (Lipinski definition) is 1. The molecule has 0 saturated heterocycles. The average molecular weight is 295 g/mol. The van der Waals surface area contributed by atoms with Gasteiger partial charge in [0.2, 0.25) is 0 Å². The summed E-state index contributed by atoms with van der Waals surface area (Å²) in [7, 11) is 0. The third kappa shape index (κ3) is 3.91. The normalized spacial score (nSPS) is 10.8. The lowest BCUT2D eigenvalue weighted by atomic mass is 10.3. The highest BCUT2D eigenvalue weighted by atomic mass is 79.9. The van der Waals surface area contributed by atoms with Crippen LogP contribution in [0.25, 0.3) is 0 Å². The van der Waals surface area contributed by atoms with Gasteiger partial charge in [-0.3, -0.25) is 0 Å². The standard InChI is InChI=1S/C10H10BrCl2N/c11-9-7-8(13)3-4-10(9)14-6-2-1-5-12/h1-4,7,14H,5-6H2/b2-1+. The molecule has 0 fully saturated rings. The molecule has 1 aromatic carbocycles. The third-order valence-corrected chi connectivity index (χ3v) is 2.67. The Labute approximate surface area is 102 Å². The van der Waals surface area contributed by atoms with E-state index in [0.29, 0.717) is 5.88 Å². The van der Waals surface area contributed by atoms with Crippen LogP contribution in [0.4, 0.5) is 5.69 Å². The Morgan fingerprint density at radius 3 is 2.79 bits per heavy atom. The molecule has 4 heteroatoms. The summed E-state index contributed by atoms with van der Waals surface area (Å²) < 4.78 is 0.962. The lowest BCUT2D eigenvalue weighted by Crippen LogP contribution is -1.98. The van der Waals surface area contributed by atoms with Gasteiger partial charge in [0, 0.05) is 27.6 Å². The minimum absolute atomic E-state index is 0.545. The van der Waals surface area contributed by atoms with Crippen LogP contribution in [0, 0.1) is 0 Å². The van der Waals surface area contributed by atoms with Gasteiger partial charge in [-0.05, 0) is 34.1 Å². The van der Waals surface area contributed by atoms with E-state index in [-0.39, 0.29) is 0 Å². The van der Waals surface area contributed by atoms with Gasteiger partial charge in [-0.25, -0.2) is 0 Å². The first-order valence-corrected chi connectivity index (χ1v) is 5.84. The summed E-state index contributed by atoms with van der Waals surface area (Å²) in [6.45, 7) is 0.757. The van der Waals surface area contributed by atoms with Gasteiger partial charge in [0.05, 0.1) is 0 Å². The van der Waals surface area contributed by atoms with E-state index in [4.69, 9.17) is 23.2 Å². The fourth-order valence-electron chi connectivity index (χ4n) is 0.948. The van der Waals surface area contributed by atoms with Crippen LogP contribution < -0.4 is 5.32 Å². The predicted octanol–water partition coefficient (Wildman–Crippen LogP) is 4.31. The van der Waals surface area contributed by atoms with Crippen LogP contribution >= 0.6 is 39.1 Å². The van der Waals surface area contributed by atoms with E-state index in [1.165, 1.54) is 0 Å². The summed E-state index contributed by atoms with van der Waals surface area (Å²) in [5.41, 5.74) is 1.02. The molecule has 0 bridgehead atoms. The first-order valence-electron chi connectivity index (χ1n) is 4.14. The van der Waals surface area contributed by atoms with Crippen molar-refractivity contribution in [1.82, 2.24) is 0 Å². The van der Waals surface area contributed by atoms with Crippen LogP contribution in [0.5, 0.6) is 0 Å². The number of nitrogens with one attached hydrogen (secondary N) is 1. The van der Waals surface area contributed by atoms with Crippen molar-refractivity contribution in [3.63, 3.8) is 0 Å². The first kappa shape index (κ1) is 11.9. The van der Waals surface area contributed by atoms with Crippen LogP contribution in [0.15, 0.2) is 34.8 Å². The Morgan fingerprint density at radius 1 is 1.36 bits per heavy atom. The molecule has 14 heavy (non-hydrogen) atoms. The van der Waals surface area contributed by atoms with Crippen molar-refractivity contribution in [2.45, 2.75) is 0 Å². The second-order valence-electron chi connectivity index (χ2n) is 2.63. The second-order valence-corrected chi connectivity index (χ2v) is 4.23. The SMILES string of the molecule is ClC/C=C/CNc1ccc(Cl)cc1Br. The fraction of sp³-hybridized carbons (Fsp3) is 0.200. The molecule has 0 atom stereocenters. The Morgan fingerprint density at radius 2 is 2.14 bits per heavy atom. The maximum Gasteiger partial charge on any atom is 0.0488 e. The number of alkyl halides is 1. The quantitative estimate of drug-likeness (QED) is 0.644. The third-order valence-electron chi connectivity index (χ3n) is 1.60. The zero-order valence-corrected chi connectivity index (χ0v) is 10.5. The van der Waals surface area contributed by atoms with Gasteiger partial charge in [0.25, 0.3) is 0 Å². The lowest BCUT2D eigenvalue weighted by Gasteiger charge is -2.05. The number of anilines is 1. The Bertz CT molecular complexity index is 326. The van der Waals surface area contributed by atoms with E-state index in [2.05, 4.69) is 21.2 Å². The van der Waals surface area contributed by atoms with Gasteiger partial charge < -0.3 is 5.32 Å². The molecule has 1 nitrogen and oxygen atoms in total. The number of halogens is 3. The number of hydrogen-bond acceptors (Lipinski definition) is 1. The molecule has 0 unspecified atom stereocenters. The summed E-state index contributed by atoms with van der Waals surface area (Å²) in [6.07, 6.45) is 3.88. The van der Waals surface area contributed by atoms with Crippen molar-refractivity contribution in [2.75, 3.05) is 17.7 Å². The molecule has 0 radical (unpaired) electrons. The highest BCUT2D eigenvalue weighted by Crippen LogP contribution is 2.25. The molecule has 0 aliphatic heterocycles. The van der Waals surface area contributed by atoms with Gasteiger partial charge in [-0.1, -0.05) is 23.8 Å². The fourth-order valence-corrected chi connectivity index (χ4v) is 1.90. The zero-order chi connectivity index (χ0) is 10.4. The van der Waals surface area contributed by atoms with Crippen LogP contribution in [0.3, 0.4) is 0 Å². The zero-order valence-electron chi connectivity index (χ0n) is 7.43. The highest BCUT2D eigenvalue weighted by molar-refractivity contribution is 9.10. The van der Waals surface area contributed by atoms with Crippen LogP contribution in [-0.2, 0) is 0 Å². The minimum atomic E-state index is 0.545. The smallest absolute Gasteiger partial charge is 0.0488 e. The van der Waals surface area contributed by atoms with Crippen molar-refractivity contribution in [1.29, 1.82) is 0 Å². The van der Waals surface area contributed by atoms with Gasteiger partial charge in [0.1, 0.15) is 0 Å². The molecule has 0 aliphatic carbocycles. The maximum absolute atomic E-state index is 5.81. The molecule has 1 aromatic rings. The van der Waals surface area contributed by atoms with Crippen molar-refractivity contribution in [3.8, 4) is 0 Å². The number of rotatable bonds is 4. The second kappa shape index (κ2) is 6.33. The average Bonchev–Trinajstić information content (AvgIpc) is 2.15. The largest absolute Gasteiger partial charge is 0.381 e. The highest BCUT2D eigenvalue weighted by Gasteiger charge is 1.97. The Hall–Kier alpha value is -0.180. The molecule has 0 heterocycles. The first-order chi connectivity index (χ1) is 6.74. The molecule has 0 spiro atoms. The van der Waals surface area contributed by atoms with Gasteiger partial charge >= 0.3 is 0 Å².